The van der Waals surface area contributed by atoms with Crippen molar-refractivity contribution in [1.82, 2.24) is 4.90 Å². The monoisotopic (exact) mass is 481 g/mol. The number of methoxy groups -OCH3 is 1. The molecule has 0 bridgehead atoms. The standard InChI is InChI=1S/C28H35NO6/c1-7-34-23-13-10-20(16-22(23)17(2)3)26(30)24-25(19-8-11-21(33-6)12-9-19)29(28(32)27(24)31)14-15-35-18(4)5/h8-13,16-18,25,30H,7,14-15H2,1-6H3/b26-24-. The fourth-order valence-corrected chi connectivity index (χ4v) is 4.22. The van der Waals surface area contributed by atoms with Gasteiger partial charge >= 0.3 is 0 Å². The number of Topliss-reactive ketones (excluding diaryl/α,β-unsaturated/α-hetero) is 1. The highest BCUT2D eigenvalue weighted by Crippen LogP contribution is 2.40. The van der Waals surface area contributed by atoms with Gasteiger partial charge < -0.3 is 24.2 Å². The molecule has 1 fully saturated rings. The van der Waals surface area contributed by atoms with E-state index in [4.69, 9.17) is 14.2 Å². The Hall–Kier alpha value is -3.32. The van der Waals surface area contributed by atoms with E-state index in [-0.39, 0.29) is 36.5 Å². The molecule has 0 spiro atoms. The predicted molar refractivity (Wildman–Crippen MR) is 135 cm³/mol. The Balaban J connectivity index is 2.12. The number of ether oxygens (including phenoxy) is 3. The third-order valence-electron chi connectivity index (χ3n) is 5.96. The molecule has 7 heteroatoms. The van der Waals surface area contributed by atoms with Gasteiger partial charge in [0, 0.05) is 12.1 Å². The quantitative estimate of drug-likeness (QED) is 0.290. The van der Waals surface area contributed by atoms with Gasteiger partial charge in [-0.15, -0.1) is 0 Å². The minimum absolute atomic E-state index is 0.00966. The summed E-state index contributed by atoms with van der Waals surface area (Å²) in [6.07, 6.45) is -0.00966. The lowest BCUT2D eigenvalue weighted by Gasteiger charge is -2.26. The van der Waals surface area contributed by atoms with E-state index in [1.807, 2.05) is 40.7 Å². The molecule has 1 unspecified atom stereocenters. The topological polar surface area (TPSA) is 85.3 Å². The van der Waals surface area contributed by atoms with Gasteiger partial charge in [-0.1, -0.05) is 26.0 Å². The number of likely N-dealkylation sites (tertiary alicyclic amines) is 1. The van der Waals surface area contributed by atoms with E-state index in [1.54, 1.807) is 43.5 Å². The summed E-state index contributed by atoms with van der Waals surface area (Å²) in [7, 11) is 1.57. The molecule has 188 valence electrons. The van der Waals surface area contributed by atoms with Crippen LogP contribution in [0.3, 0.4) is 0 Å². The lowest BCUT2D eigenvalue weighted by molar-refractivity contribution is -0.140. The van der Waals surface area contributed by atoms with Gasteiger partial charge in [0.25, 0.3) is 11.7 Å². The first-order valence-corrected chi connectivity index (χ1v) is 12.0. The smallest absolute Gasteiger partial charge is 0.295 e. The molecule has 3 rings (SSSR count). The SMILES string of the molecule is CCOc1ccc(/C(O)=C2/C(=O)C(=O)N(CCOC(C)C)C2c2ccc(OC)cc2)cc1C(C)C. The minimum Gasteiger partial charge on any atom is -0.507 e. The lowest BCUT2D eigenvalue weighted by atomic mass is 9.93. The van der Waals surface area contributed by atoms with Crippen molar-refractivity contribution >= 4 is 17.4 Å². The Morgan fingerprint density at radius 3 is 2.31 bits per heavy atom. The molecule has 0 radical (unpaired) electrons. The van der Waals surface area contributed by atoms with Gasteiger partial charge in [0.05, 0.1) is 38.0 Å². The molecule has 1 heterocycles. The third-order valence-corrected chi connectivity index (χ3v) is 5.96. The number of hydrogen-bond acceptors (Lipinski definition) is 6. The van der Waals surface area contributed by atoms with Gasteiger partial charge in [-0.2, -0.15) is 0 Å². The van der Waals surface area contributed by atoms with Crippen LogP contribution in [-0.4, -0.2) is 54.7 Å². The largest absolute Gasteiger partial charge is 0.507 e. The van der Waals surface area contributed by atoms with Crippen LogP contribution in [0.2, 0.25) is 0 Å². The zero-order valence-corrected chi connectivity index (χ0v) is 21.3. The molecule has 1 aliphatic rings. The number of ketones is 1. The first-order chi connectivity index (χ1) is 16.7. The van der Waals surface area contributed by atoms with Gasteiger partial charge in [-0.05, 0) is 68.1 Å². The van der Waals surface area contributed by atoms with Crippen molar-refractivity contribution in [3.63, 3.8) is 0 Å². The summed E-state index contributed by atoms with van der Waals surface area (Å²) in [5.74, 6) is -0.0553. The summed E-state index contributed by atoms with van der Waals surface area (Å²) in [6.45, 7) is 10.8. The van der Waals surface area contributed by atoms with Crippen molar-refractivity contribution in [2.45, 2.75) is 52.7 Å². The van der Waals surface area contributed by atoms with Crippen LogP contribution in [-0.2, 0) is 14.3 Å². The van der Waals surface area contributed by atoms with Crippen molar-refractivity contribution in [3.05, 3.63) is 64.7 Å². The van der Waals surface area contributed by atoms with Crippen LogP contribution in [0.15, 0.2) is 48.0 Å². The van der Waals surface area contributed by atoms with Crippen LogP contribution in [0.25, 0.3) is 5.76 Å². The number of rotatable bonds is 10. The number of carbonyl (C=O) groups is 2. The summed E-state index contributed by atoms with van der Waals surface area (Å²) in [5.41, 5.74) is 2.14. The molecule has 1 atom stereocenters. The first kappa shape index (κ1) is 26.3. The maximum Gasteiger partial charge on any atom is 0.295 e. The van der Waals surface area contributed by atoms with Gasteiger partial charge in [-0.25, -0.2) is 0 Å². The zero-order chi connectivity index (χ0) is 25.7. The van der Waals surface area contributed by atoms with Crippen LogP contribution in [0.5, 0.6) is 11.5 Å². The molecular formula is C28H35NO6. The fraction of sp³-hybridized carbons (Fsp3) is 0.429. The van der Waals surface area contributed by atoms with E-state index in [1.165, 1.54) is 4.90 Å². The third kappa shape index (κ3) is 5.68. The molecule has 0 aromatic heterocycles. The van der Waals surface area contributed by atoms with Gasteiger partial charge in [-0.3, -0.25) is 9.59 Å². The Morgan fingerprint density at radius 1 is 1.06 bits per heavy atom. The second kappa shape index (κ2) is 11.4. The molecule has 35 heavy (non-hydrogen) atoms. The predicted octanol–water partition coefficient (Wildman–Crippen LogP) is 5.06. The number of aliphatic hydroxyl groups is 1. The molecule has 1 amide bonds. The lowest BCUT2D eigenvalue weighted by Crippen LogP contribution is -2.33. The van der Waals surface area contributed by atoms with Crippen molar-refractivity contribution in [2.75, 3.05) is 26.9 Å². The number of hydrogen-bond donors (Lipinski definition) is 1. The second-order valence-electron chi connectivity index (χ2n) is 9.03. The summed E-state index contributed by atoms with van der Waals surface area (Å²) >= 11 is 0. The average Bonchev–Trinajstić information content (AvgIpc) is 3.08. The van der Waals surface area contributed by atoms with Crippen molar-refractivity contribution in [1.29, 1.82) is 0 Å². The Morgan fingerprint density at radius 2 is 1.74 bits per heavy atom. The maximum atomic E-state index is 13.2. The van der Waals surface area contributed by atoms with Crippen LogP contribution in [0.4, 0.5) is 0 Å². The molecule has 2 aromatic carbocycles. The van der Waals surface area contributed by atoms with E-state index in [2.05, 4.69) is 0 Å². The average molecular weight is 482 g/mol. The van der Waals surface area contributed by atoms with Crippen molar-refractivity contribution in [3.8, 4) is 11.5 Å². The van der Waals surface area contributed by atoms with Gasteiger partial charge in [0.1, 0.15) is 17.3 Å². The fourth-order valence-electron chi connectivity index (χ4n) is 4.22. The number of benzene rings is 2. The summed E-state index contributed by atoms with van der Waals surface area (Å²) < 4.78 is 16.6. The van der Waals surface area contributed by atoms with Crippen LogP contribution >= 0.6 is 0 Å². The molecule has 2 aromatic rings. The molecule has 0 saturated carbocycles. The van der Waals surface area contributed by atoms with E-state index >= 15 is 0 Å². The summed E-state index contributed by atoms with van der Waals surface area (Å²) in [6, 6.07) is 11.7. The highest BCUT2D eigenvalue weighted by molar-refractivity contribution is 6.46. The number of aliphatic hydroxyl groups excluding tert-OH is 1. The normalized spacial score (nSPS) is 17.5. The van der Waals surface area contributed by atoms with Gasteiger partial charge in [0.2, 0.25) is 0 Å². The molecule has 1 N–H and O–H groups in total. The highest BCUT2D eigenvalue weighted by atomic mass is 16.5. The highest BCUT2D eigenvalue weighted by Gasteiger charge is 2.46. The second-order valence-corrected chi connectivity index (χ2v) is 9.03. The zero-order valence-electron chi connectivity index (χ0n) is 21.3. The van der Waals surface area contributed by atoms with Crippen molar-refractivity contribution in [2.24, 2.45) is 0 Å². The Kier molecular flexibility index (Phi) is 8.57. The van der Waals surface area contributed by atoms with E-state index in [0.717, 1.165) is 11.3 Å². The molecule has 7 nitrogen and oxygen atoms in total. The summed E-state index contributed by atoms with van der Waals surface area (Å²) in [5, 5.41) is 11.4. The van der Waals surface area contributed by atoms with Crippen LogP contribution in [0.1, 0.15) is 63.3 Å². The minimum atomic E-state index is -0.745. The molecule has 1 saturated heterocycles. The van der Waals surface area contributed by atoms with E-state index in [9.17, 15) is 14.7 Å². The number of amides is 1. The number of carbonyl (C=O) groups excluding carboxylic acids is 2. The first-order valence-electron chi connectivity index (χ1n) is 12.0. The Bertz CT molecular complexity index is 1090. The molecule has 1 aliphatic heterocycles. The molecule has 0 aliphatic carbocycles. The number of nitrogens with zero attached hydrogens (tertiary/aromatic N) is 1. The van der Waals surface area contributed by atoms with Crippen LogP contribution < -0.4 is 9.47 Å². The van der Waals surface area contributed by atoms with Crippen LogP contribution in [0, 0.1) is 0 Å². The summed E-state index contributed by atoms with van der Waals surface area (Å²) in [4.78, 5) is 27.8. The maximum absolute atomic E-state index is 13.2. The van der Waals surface area contributed by atoms with E-state index < -0.39 is 17.7 Å². The van der Waals surface area contributed by atoms with E-state index in [0.29, 0.717) is 23.5 Å². The Labute approximate surface area is 207 Å². The molecular weight excluding hydrogens is 446 g/mol. The van der Waals surface area contributed by atoms with Crippen molar-refractivity contribution < 1.29 is 28.9 Å². The van der Waals surface area contributed by atoms with Gasteiger partial charge in [0.15, 0.2) is 0 Å².